The Morgan fingerprint density at radius 3 is 1.59 bits per heavy atom. The van der Waals surface area contributed by atoms with E-state index in [0.29, 0.717) is 0 Å². The van der Waals surface area contributed by atoms with E-state index in [9.17, 15) is 0 Å². The zero-order valence-electron chi connectivity index (χ0n) is 9.18. The van der Waals surface area contributed by atoms with Crippen molar-refractivity contribution in [3.63, 3.8) is 0 Å². The van der Waals surface area contributed by atoms with Gasteiger partial charge < -0.3 is 5.11 Å². The van der Waals surface area contributed by atoms with Gasteiger partial charge in [-0.1, -0.05) is 12.1 Å². The average molecular weight is 323 g/mol. The molecule has 2 aromatic heterocycles. The van der Waals surface area contributed by atoms with E-state index in [1.54, 1.807) is 12.4 Å². The Labute approximate surface area is 113 Å². The molecule has 0 aliphatic heterocycles. The van der Waals surface area contributed by atoms with Gasteiger partial charge in [-0.2, -0.15) is 0 Å². The monoisotopic (exact) mass is 322 g/mol. The number of carboxylic acids is 1. The van der Waals surface area contributed by atoms with E-state index in [4.69, 9.17) is 9.90 Å². The second kappa shape index (κ2) is 8.57. The molecule has 0 radical (unpaired) electrons. The van der Waals surface area contributed by atoms with Crippen molar-refractivity contribution in [2.24, 2.45) is 0 Å². The molecule has 2 aromatic rings. The molecule has 0 atom stereocenters. The Morgan fingerprint density at radius 2 is 1.35 bits per heavy atom. The van der Waals surface area contributed by atoms with E-state index in [1.807, 2.05) is 36.4 Å². The molecule has 0 unspecified atom stereocenters. The van der Waals surface area contributed by atoms with Gasteiger partial charge in [0.05, 0.1) is 11.4 Å². The van der Waals surface area contributed by atoms with Crippen LogP contribution in [0.5, 0.6) is 0 Å². The van der Waals surface area contributed by atoms with Crippen LogP contribution in [0.4, 0.5) is 0 Å². The second-order valence-corrected chi connectivity index (χ2v) is 2.95. The van der Waals surface area contributed by atoms with Gasteiger partial charge in [-0.3, -0.25) is 14.8 Å². The summed E-state index contributed by atoms with van der Waals surface area (Å²) in [5.74, 6) is -0.833. The Hall–Kier alpha value is -1.57. The first-order chi connectivity index (χ1) is 7.70. The van der Waals surface area contributed by atoms with Crippen molar-refractivity contribution < 1.29 is 30.3 Å². The first kappa shape index (κ1) is 15.4. The third-order valence-corrected chi connectivity index (χ3v) is 1.59. The summed E-state index contributed by atoms with van der Waals surface area (Å²) in [5, 5.41) is 7.42. The van der Waals surface area contributed by atoms with Crippen molar-refractivity contribution in [1.29, 1.82) is 0 Å². The van der Waals surface area contributed by atoms with Gasteiger partial charge in [0.2, 0.25) is 0 Å². The largest absolute Gasteiger partial charge is 0.481 e. The maximum absolute atomic E-state index is 9.00. The molecular formula is C12H12N2O2Pd. The molecule has 0 amide bonds. The third-order valence-electron chi connectivity index (χ3n) is 1.59. The fourth-order valence-corrected chi connectivity index (χ4v) is 1.03. The first-order valence-electron chi connectivity index (χ1n) is 4.72. The molecule has 0 aromatic carbocycles. The van der Waals surface area contributed by atoms with E-state index in [2.05, 4.69) is 9.97 Å². The Morgan fingerprint density at radius 1 is 1.00 bits per heavy atom. The number of hydrogen-bond acceptors (Lipinski definition) is 3. The summed E-state index contributed by atoms with van der Waals surface area (Å²) < 4.78 is 0. The zero-order chi connectivity index (χ0) is 11.8. The summed E-state index contributed by atoms with van der Waals surface area (Å²) in [6, 6.07) is 11.6. The molecule has 0 spiro atoms. The van der Waals surface area contributed by atoms with Crippen molar-refractivity contribution in [3.05, 3.63) is 48.8 Å². The van der Waals surface area contributed by atoms with Crippen molar-refractivity contribution in [2.45, 2.75) is 6.92 Å². The molecule has 92 valence electrons. The van der Waals surface area contributed by atoms with E-state index >= 15 is 0 Å². The van der Waals surface area contributed by atoms with Crippen molar-refractivity contribution in [2.75, 3.05) is 0 Å². The Kier molecular flexibility index (Phi) is 7.78. The number of aliphatic carboxylic acids is 1. The molecule has 0 aliphatic rings. The Balaban J connectivity index is 0.000000453. The quantitative estimate of drug-likeness (QED) is 0.818. The number of carbonyl (C=O) groups is 1. The maximum atomic E-state index is 9.00. The smallest absolute Gasteiger partial charge is 0.300 e. The van der Waals surface area contributed by atoms with Gasteiger partial charge in [-0.25, -0.2) is 0 Å². The van der Waals surface area contributed by atoms with Crippen LogP contribution >= 0.6 is 0 Å². The zero-order valence-corrected chi connectivity index (χ0v) is 10.7. The molecule has 0 aliphatic carbocycles. The number of pyridine rings is 2. The van der Waals surface area contributed by atoms with Gasteiger partial charge in [0.25, 0.3) is 5.97 Å². The molecular weight excluding hydrogens is 311 g/mol. The second-order valence-electron chi connectivity index (χ2n) is 2.95. The minimum absolute atomic E-state index is 0. The summed E-state index contributed by atoms with van der Waals surface area (Å²) in [4.78, 5) is 17.4. The fourth-order valence-electron chi connectivity index (χ4n) is 1.03. The summed E-state index contributed by atoms with van der Waals surface area (Å²) in [6.45, 7) is 1.08. The molecule has 0 bridgehead atoms. The normalized spacial score (nSPS) is 8.29. The van der Waals surface area contributed by atoms with Crippen LogP contribution in [0.15, 0.2) is 48.8 Å². The number of carboxylic acid groups (broad SMARTS) is 1. The fraction of sp³-hybridized carbons (Fsp3) is 0.0833. The molecule has 2 heterocycles. The third kappa shape index (κ3) is 6.57. The van der Waals surface area contributed by atoms with Gasteiger partial charge in [0.1, 0.15) is 0 Å². The molecule has 5 heteroatoms. The first-order valence-corrected chi connectivity index (χ1v) is 4.72. The van der Waals surface area contributed by atoms with E-state index < -0.39 is 5.97 Å². The van der Waals surface area contributed by atoms with Crippen LogP contribution in [0.25, 0.3) is 11.4 Å². The molecule has 0 saturated carbocycles. The summed E-state index contributed by atoms with van der Waals surface area (Å²) in [7, 11) is 0. The van der Waals surface area contributed by atoms with Crippen LogP contribution < -0.4 is 0 Å². The number of hydrogen-bond donors (Lipinski definition) is 1. The SMILES string of the molecule is CC(=O)O.[Pd].c1ccc(-c2ccccn2)nc1. The van der Waals surface area contributed by atoms with Gasteiger partial charge in [-0.05, 0) is 24.3 Å². The molecule has 4 nitrogen and oxygen atoms in total. The van der Waals surface area contributed by atoms with Gasteiger partial charge >= 0.3 is 0 Å². The van der Waals surface area contributed by atoms with Crippen LogP contribution in [0.1, 0.15) is 6.92 Å². The summed E-state index contributed by atoms with van der Waals surface area (Å²) in [5.41, 5.74) is 1.83. The number of rotatable bonds is 1. The van der Waals surface area contributed by atoms with Gasteiger partial charge in [0.15, 0.2) is 0 Å². The van der Waals surface area contributed by atoms with Crippen molar-refractivity contribution in [1.82, 2.24) is 9.97 Å². The molecule has 0 saturated heterocycles. The predicted octanol–water partition coefficient (Wildman–Crippen LogP) is 2.23. The Bertz CT molecular complexity index is 393. The molecule has 2 rings (SSSR count). The van der Waals surface area contributed by atoms with E-state index in [-0.39, 0.29) is 20.4 Å². The molecule has 0 fully saturated rings. The standard InChI is InChI=1S/C10H8N2.C2H4O2.Pd/c1-3-7-11-9(5-1)10-6-2-4-8-12-10;1-2(3)4;/h1-8H;1H3,(H,3,4);. The van der Waals surface area contributed by atoms with Crippen LogP contribution in [-0.4, -0.2) is 21.0 Å². The maximum Gasteiger partial charge on any atom is 0.300 e. The summed E-state index contributed by atoms with van der Waals surface area (Å²) >= 11 is 0. The van der Waals surface area contributed by atoms with Crippen LogP contribution in [0, 0.1) is 0 Å². The van der Waals surface area contributed by atoms with Crippen LogP contribution in [0.3, 0.4) is 0 Å². The average Bonchev–Trinajstić information content (AvgIpc) is 2.31. The topological polar surface area (TPSA) is 63.1 Å². The van der Waals surface area contributed by atoms with Crippen molar-refractivity contribution >= 4 is 5.97 Å². The minimum atomic E-state index is -0.833. The van der Waals surface area contributed by atoms with Crippen LogP contribution in [0.2, 0.25) is 0 Å². The molecule has 17 heavy (non-hydrogen) atoms. The van der Waals surface area contributed by atoms with E-state index in [0.717, 1.165) is 18.3 Å². The number of aromatic nitrogens is 2. The predicted molar refractivity (Wildman–Crippen MR) is 60.8 cm³/mol. The number of nitrogens with zero attached hydrogens (tertiary/aromatic N) is 2. The molecule has 1 N–H and O–H groups in total. The summed E-state index contributed by atoms with van der Waals surface area (Å²) in [6.07, 6.45) is 3.54. The van der Waals surface area contributed by atoms with Crippen molar-refractivity contribution in [3.8, 4) is 11.4 Å². The van der Waals surface area contributed by atoms with Crippen LogP contribution in [-0.2, 0) is 25.2 Å². The van der Waals surface area contributed by atoms with Gasteiger partial charge in [0, 0.05) is 39.7 Å². The van der Waals surface area contributed by atoms with E-state index in [1.165, 1.54) is 0 Å². The minimum Gasteiger partial charge on any atom is -0.481 e. The van der Waals surface area contributed by atoms with Gasteiger partial charge in [-0.15, -0.1) is 0 Å².